The molecular formula is C23H36O7. The van der Waals surface area contributed by atoms with Gasteiger partial charge in [-0.25, -0.2) is 0 Å². The van der Waals surface area contributed by atoms with Crippen molar-refractivity contribution in [3.63, 3.8) is 0 Å². The summed E-state index contributed by atoms with van der Waals surface area (Å²) in [5, 5.41) is 20.4. The lowest BCUT2D eigenvalue weighted by atomic mass is 9.77. The number of esters is 2. The number of hydrogen-bond acceptors (Lipinski definition) is 7. The first-order chi connectivity index (χ1) is 13.9. The molecule has 7 nitrogen and oxygen atoms in total. The number of fused-ring (bicyclic) bond motifs is 1. The van der Waals surface area contributed by atoms with Gasteiger partial charge in [0.15, 0.2) is 0 Å². The van der Waals surface area contributed by atoms with Crippen LogP contribution in [0, 0.1) is 11.8 Å². The van der Waals surface area contributed by atoms with Gasteiger partial charge in [0.05, 0.1) is 36.4 Å². The van der Waals surface area contributed by atoms with E-state index in [1.165, 1.54) is 27.9 Å². The van der Waals surface area contributed by atoms with Crippen molar-refractivity contribution in [1.29, 1.82) is 0 Å². The highest BCUT2D eigenvalue weighted by Crippen LogP contribution is 2.48. The van der Waals surface area contributed by atoms with E-state index in [0.29, 0.717) is 18.4 Å². The third-order valence-electron chi connectivity index (χ3n) is 6.35. The van der Waals surface area contributed by atoms with Crippen molar-refractivity contribution in [2.75, 3.05) is 13.7 Å². The van der Waals surface area contributed by atoms with Crippen molar-refractivity contribution >= 4 is 11.9 Å². The van der Waals surface area contributed by atoms with E-state index in [1.807, 2.05) is 0 Å². The Morgan fingerprint density at radius 2 is 2.07 bits per heavy atom. The zero-order valence-electron chi connectivity index (χ0n) is 18.8. The Balaban J connectivity index is 2.39. The summed E-state index contributed by atoms with van der Waals surface area (Å²) < 4.78 is 16.2. The second kappa shape index (κ2) is 9.62. The molecule has 0 amide bonds. The molecule has 0 aromatic carbocycles. The molecule has 1 aliphatic carbocycles. The molecule has 2 rings (SSSR count). The van der Waals surface area contributed by atoms with Crippen LogP contribution in [0.2, 0.25) is 0 Å². The minimum atomic E-state index is -1.28. The molecule has 1 aliphatic heterocycles. The molecule has 2 N–H and O–H groups in total. The highest BCUT2D eigenvalue weighted by atomic mass is 16.6. The molecule has 1 saturated carbocycles. The maximum Gasteiger partial charge on any atom is 0.313 e. The number of hydrogen-bond donors (Lipinski definition) is 2. The fraction of sp³-hybridized carbons (Fsp3) is 0.739. The molecule has 0 spiro atoms. The van der Waals surface area contributed by atoms with Crippen LogP contribution in [-0.4, -0.2) is 59.3 Å². The van der Waals surface area contributed by atoms with E-state index >= 15 is 0 Å². The molecule has 1 saturated heterocycles. The molecule has 0 radical (unpaired) electrons. The number of ether oxygens (including phenoxy) is 3. The topological polar surface area (TPSA) is 106 Å². The Hall–Kier alpha value is -1.70. The van der Waals surface area contributed by atoms with E-state index in [1.54, 1.807) is 6.08 Å². The van der Waals surface area contributed by atoms with Crippen LogP contribution in [0.5, 0.6) is 0 Å². The summed E-state index contributed by atoms with van der Waals surface area (Å²) >= 11 is 0. The Labute approximate surface area is 179 Å². The minimum absolute atomic E-state index is 0.000349. The van der Waals surface area contributed by atoms with Gasteiger partial charge in [-0.2, -0.15) is 0 Å². The van der Waals surface area contributed by atoms with Crippen molar-refractivity contribution < 1.29 is 34.0 Å². The quantitative estimate of drug-likeness (QED) is 0.368. The van der Waals surface area contributed by atoms with Gasteiger partial charge in [0.25, 0.3) is 0 Å². The predicted octanol–water partition coefficient (Wildman–Crippen LogP) is 2.69. The summed E-state index contributed by atoms with van der Waals surface area (Å²) in [7, 11) is 1.36. The van der Waals surface area contributed by atoms with Gasteiger partial charge in [-0.3, -0.25) is 9.59 Å². The molecular weight excluding hydrogens is 388 g/mol. The second-order valence-electron chi connectivity index (χ2n) is 9.23. The third-order valence-corrected chi connectivity index (χ3v) is 6.35. The summed E-state index contributed by atoms with van der Waals surface area (Å²) in [6.45, 7) is 10.6. The predicted molar refractivity (Wildman–Crippen MR) is 112 cm³/mol. The molecule has 2 fully saturated rings. The molecule has 0 aromatic rings. The van der Waals surface area contributed by atoms with Crippen molar-refractivity contribution in [2.45, 2.75) is 83.2 Å². The molecule has 7 heteroatoms. The van der Waals surface area contributed by atoms with Crippen LogP contribution >= 0.6 is 0 Å². The highest BCUT2D eigenvalue weighted by molar-refractivity contribution is 5.76. The number of aliphatic hydroxyl groups excluding tert-OH is 1. The van der Waals surface area contributed by atoms with Gasteiger partial charge in [0, 0.05) is 12.8 Å². The number of carbonyl (C=O) groups excluding carboxylic acids is 2. The van der Waals surface area contributed by atoms with Gasteiger partial charge in [-0.15, -0.1) is 0 Å². The SMILES string of the molecule is C=C1CC[C@@H]2O[C@@]2(C)CC[C@H](/C(=C\C[C@@H](O)C(C)(C)O)COC(C)=O)[C@H]1C(=O)OC. The van der Waals surface area contributed by atoms with Crippen LogP contribution in [0.15, 0.2) is 23.8 Å². The van der Waals surface area contributed by atoms with Crippen LogP contribution < -0.4 is 0 Å². The Bertz CT molecular complexity index is 690. The summed E-state index contributed by atoms with van der Waals surface area (Å²) in [6, 6.07) is 0. The zero-order chi connectivity index (χ0) is 22.7. The average Bonchev–Trinajstić information content (AvgIpc) is 3.30. The van der Waals surface area contributed by atoms with Gasteiger partial charge in [0.2, 0.25) is 0 Å². The van der Waals surface area contributed by atoms with Gasteiger partial charge < -0.3 is 24.4 Å². The summed E-state index contributed by atoms with van der Waals surface area (Å²) in [5.41, 5.74) is -0.0194. The van der Waals surface area contributed by atoms with E-state index in [-0.39, 0.29) is 36.6 Å². The van der Waals surface area contributed by atoms with Crippen molar-refractivity contribution in [3.8, 4) is 0 Å². The summed E-state index contributed by atoms with van der Waals surface area (Å²) in [6.07, 6.45) is 3.89. The Morgan fingerprint density at radius 1 is 1.40 bits per heavy atom. The van der Waals surface area contributed by atoms with E-state index < -0.39 is 23.6 Å². The smallest absolute Gasteiger partial charge is 0.313 e. The van der Waals surface area contributed by atoms with Crippen LogP contribution in [0.25, 0.3) is 0 Å². The molecule has 30 heavy (non-hydrogen) atoms. The largest absolute Gasteiger partial charge is 0.469 e. The number of methoxy groups -OCH3 is 1. The standard InChI is InChI=1S/C23H36O7/c1-14-7-10-19-23(5,30-19)12-11-17(20(14)21(26)28-6)16(13-29-15(2)24)8-9-18(25)22(3,4)27/h8,17-20,25,27H,1,7,9-13H2,2-6H3/b16-8-/t17-,18-,19+,20+,23+/m1/s1. The van der Waals surface area contributed by atoms with E-state index in [9.17, 15) is 19.8 Å². The maximum absolute atomic E-state index is 12.7. The number of epoxide rings is 1. The lowest BCUT2D eigenvalue weighted by Gasteiger charge is -2.30. The molecule has 0 bridgehead atoms. The van der Waals surface area contributed by atoms with Gasteiger partial charge in [-0.1, -0.05) is 18.2 Å². The molecule has 170 valence electrons. The van der Waals surface area contributed by atoms with Crippen LogP contribution in [0.1, 0.15) is 59.8 Å². The normalized spacial score (nSPS) is 31.0. The maximum atomic E-state index is 12.7. The van der Waals surface area contributed by atoms with Crippen molar-refractivity contribution in [2.24, 2.45) is 11.8 Å². The van der Waals surface area contributed by atoms with Crippen molar-refractivity contribution in [1.82, 2.24) is 0 Å². The average molecular weight is 425 g/mol. The number of carbonyl (C=O) groups is 2. The summed E-state index contributed by atoms with van der Waals surface area (Å²) in [4.78, 5) is 24.2. The first kappa shape index (κ1) is 24.6. The number of rotatable bonds is 7. The Morgan fingerprint density at radius 3 is 2.63 bits per heavy atom. The third kappa shape index (κ3) is 6.15. The minimum Gasteiger partial charge on any atom is -0.469 e. The summed E-state index contributed by atoms with van der Waals surface area (Å²) in [5.74, 6) is -1.68. The van der Waals surface area contributed by atoms with Crippen LogP contribution in [-0.2, 0) is 23.8 Å². The first-order valence-electron chi connectivity index (χ1n) is 10.5. The van der Waals surface area contributed by atoms with E-state index in [0.717, 1.165) is 18.4 Å². The van der Waals surface area contributed by atoms with Gasteiger partial charge in [-0.05, 0) is 58.4 Å². The fourth-order valence-electron chi connectivity index (χ4n) is 4.15. The molecule has 0 unspecified atom stereocenters. The Kier molecular flexibility index (Phi) is 7.88. The van der Waals surface area contributed by atoms with Gasteiger partial charge >= 0.3 is 11.9 Å². The highest BCUT2D eigenvalue weighted by Gasteiger charge is 2.53. The lowest BCUT2D eigenvalue weighted by molar-refractivity contribution is -0.145. The molecule has 2 aliphatic rings. The molecule has 5 atom stereocenters. The molecule has 1 heterocycles. The lowest BCUT2D eigenvalue weighted by Crippen LogP contribution is -2.35. The zero-order valence-corrected chi connectivity index (χ0v) is 18.8. The first-order valence-corrected chi connectivity index (χ1v) is 10.5. The van der Waals surface area contributed by atoms with E-state index in [2.05, 4.69) is 13.5 Å². The fourth-order valence-corrected chi connectivity index (χ4v) is 4.15. The second-order valence-corrected chi connectivity index (χ2v) is 9.23. The monoisotopic (exact) mass is 424 g/mol. The number of aliphatic hydroxyl groups is 2. The molecule has 0 aromatic heterocycles. The van der Waals surface area contributed by atoms with Gasteiger partial charge in [0.1, 0.15) is 6.61 Å². The van der Waals surface area contributed by atoms with E-state index in [4.69, 9.17) is 14.2 Å². The van der Waals surface area contributed by atoms with Crippen LogP contribution in [0.4, 0.5) is 0 Å². The van der Waals surface area contributed by atoms with Crippen LogP contribution in [0.3, 0.4) is 0 Å². The van der Waals surface area contributed by atoms with Crippen molar-refractivity contribution in [3.05, 3.63) is 23.8 Å².